The van der Waals surface area contributed by atoms with Gasteiger partial charge in [0.2, 0.25) is 16.9 Å². The average molecular weight is 380 g/mol. The molecular formula is C16H20N4O3S2. The van der Waals surface area contributed by atoms with Crippen LogP contribution in [0.25, 0.3) is 0 Å². The van der Waals surface area contributed by atoms with Crippen molar-refractivity contribution in [3.8, 4) is 0 Å². The fourth-order valence-corrected chi connectivity index (χ4v) is 3.53. The van der Waals surface area contributed by atoms with Crippen molar-refractivity contribution in [1.29, 1.82) is 0 Å². The molecule has 2 aromatic rings. The van der Waals surface area contributed by atoms with Crippen molar-refractivity contribution in [2.75, 3.05) is 23.5 Å². The molecule has 9 heteroatoms. The molecule has 1 atom stereocenters. The van der Waals surface area contributed by atoms with Gasteiger partial charge in [0.15, 0.2) is 0 Å². The Morgan fingerprint density at radius 1 is 1.24 bits per heavy atom. The Kier molecular flexibility index (Phi) is 7.83. The summed E-state index contributed by atoms with van der Waals surface area (Å²) >= 11 is 2.57. The first-order valence-electron chi connectivity index (χ1n) is 7.71. The molecule has 1 aromatic carbocycles. The first-order chi connectivity index (χ1) is 12.1. The van der Waals surface area contributed by atoms with E-state index in [9.17, 15) is 9.59 Å². The van der Waals surface area contributed by atoms with Crippen molar-refractivity contribution in [3.63, 3.8) is 0 Å². The molecule has 1 heterocycles. The van der Waals surface area contributed by atoms with E-state index < -0.39 is 0 Å². The van der Waals surface area contributed by atoms with Crippen molar-refractivity contribution in [1.82, 2.24) is 10.2 Å². The number of carbonyl (C=O) groups excluding carboxylic acids is 2. The number of carbonyl (C=O) groups is 2. The van der Waals surface area contributed by atoms with E-state index in [0.29, 0.717) is 23.2 Å². The maximum absolute atomic E-state index is 12.3. The molecular weight excluding hydrogens is 360 g/mol. The molecule has 134 valence electrons. The smallest absolute Gasteiger partial charge is 0.239 e. The van der Waals surface area contributed by atoms with Crippen molar-refractivity contribution in [2.24, 2.45) is 0 Å². The van der Waals surface area contributed by atoms with E-state index >= 15 is 0 Å². The lowest BCUT2D eigenvalue weighted by Gasteiger charge is -2.13. The van der Waals surface area contributed by atoms with Crippen LogP contribution in [-0.4, -0.2) is 40.1 Å². The quantitative estimate of drug-likeness (QED) is 0.695. The summed E-state index contributed by atoms with van der Waals surface area (Å²) in [5.74, 6) is -0.118. The average Bonchev–Trinajstić information content (AvgIpc) is 3.03. The number of ether oxygens (including phenoxy) is 1. The Morgan fingerprint density at radius 2 is 2.00 bits per heavy atom. The minimum absolute atomic E-state index is 0.138. The van der Waals surface area contributed by atoms with Gasteiger partial charge in [-0.05, 0) is 18.6 Å². The van der Waals surface area contributed by atoms with Gasteiger partial charge in [0.25, 0.3) is 0 Å². The van der Waals surface area contributed by atoms with Crippen LogP contribution in [0.3, 0.4) is 0 Å². The lowest BCUT2D eigenvalue weighted by Crippen LogP contribution is -2.26. The van der Waals surface area contributed by atoms with Gasteiger partial charge in [-0.15, -0.1) is 22.0 Å². The minimum Gasteiger partial charge on any atom is -0.377 e. The van der Waals surface area contributed by atoms with Gasteiger partial charge >= 0.3 is 0 Å². The summed E-state index contributed by atoms with van der Waals surface area (Å²) < 4.78 is 4.98. The molecule has 2 N–H and O–H groups in total. The maximum Gasteiger partial charge on any atom is 0.239 e. The van der Waals surface area contributed by atoms with Gasteiger partial charge < -0.3 is 10.1 Å². The molecule has 0 spiro atoms. The molecule has 0 bridgehead atoms. The van der Waals surface area contributed by atoms with E-state index in [1.807, 2.05) is 37.3 Å². The lowest BCUT2D eigenvalue weighted by molar-refractivity contribution is -0.115. The second-order valence-electron chi connectivity index (χ2n) is 5.05. The number of benzene rings is 1. The minimum atomic E-state index is -0.337. The Labute approximate surface area is 154 Å². The molecule has 0 aliphatic heterocycles. The predicted octanol–water partition coefficient (Wildman–Crippen LogP) is 2.77. The van der Waals surface area contributed by atoms with Crippen molar-refractivity contribution in [2.45, 2.75) is 25.2 Å². The Morgan fingerprint density at radius 3 is 2.68 bits per heavy atom. The summed E-state index contributed by atoms with van der Waals surface area (Å²) in [6.45, 7) is 2.27. The molecule has 25 heavy (non-hydrogen) atoms. The van der Waals surface area contributed by atoms with Crippen LogP contribution in [0.2, 0.25) is 0 Å². The molecule has 0 saturated carbocycles. The van der Waals surface area contributed by atoms with Crippen LogP contribution < -0.4 is 10.6 Å². The third-order valence-electron chi connectivity index (χ3n) is 3.10. The van der Waals surface area contributed by atoms with E-state index in [1.165, 1.54) is 23.1 Å². The van der Waals surface area contributed by atoms with E-state index in [4.69, 9.17) is 4.74 Å². The van der Waals surface area contributed by atoms with E-state index in [1.54, 1.807) is 7.11 Å². The maximum atomic E-state index is 12.3. The van der Waals surface area contributed by atoms with E-state index in [-0.39, 0.29) is 22.8 Å². The zero-order chi connectivity index (χ0) is 18.1. The molecule has 0 saturated heterocycles. The number of para-hydroxylation sites is 1. The molecule has 0 aliphatic rings. The second-order valence-corrected chi connectivity index (χ2v) is 7.30. The summed E-state index contributed by atoms with van der Waals surface area (Å²) in [6.07, 6.45) is 0.610. The number of thioether (sulfide) groups is 1. The first-order valence-corrected chi connectivity index (χ1v) is 9.57. The lowest BCUT2D eigenvalue weighted by atomic mass is 10.3. The fraction of sp³-hybridized carbons (Fsp3) is 0.375. The molecule has 1 unspecified atom stereocenters. The number of amides is 2. The van der Waals surface area contributed by atoms with Crippen LogP contribution in [0.5, 0.6) is 0 Å². The topological polar surface area (TPSA) is 93.2 Å². The highest BCUT2D eigenvalue weighted by molar-refractivity contribution is 8.01. The van der Waals surface area contributed by atoms with Gasteiger partial charge in [0.05, 0.1) is 11.0 Å². The summed E-state index contributed by atoms with van der Waals surface area (Å²) in [6, 6.07) is 9.22. The van der Waals surface area contributed by atoms with Crippen molar-refractivity contribution in [3.05, 3.63) is 35.3 Å². The number of rotatable bonds is 9. The van der Waals surface area contributed by atoms with Gasteiger partial charge in [-0.2, -0.15) is 0 Å². The monoisotopic (exact) mass is 380 g/mol. The zero-order valence-corrected chi connectivity index (χ0v) is 15.7. The molecule has 0 aliphatic carbocycles. The third-order valence-corrected chi connectivity index (χ3v) is 5.29. The van der Waals surface area contributed by atoms with Crippen LogP contribution >= 0.6 is 23.1 Å². The number of hydrogen-bond donors (Lipinski definition) is 2. The summed E-state index contributed by atoms with van der Waals surface area (Å²) in [5, 5.41) is 14.2. The van der Waals surface area contributed by atoms with Crippen molar-refractivity contribution < 1.29 is 14.3 Å². The number of nitrogens with zero attached hydrogens (tertiary/aromatic N) is 2. The van der Waals surface area contributed by atoms with Crippen LogP contribution in [0.15, 0.2) is 30.3 Å². The molecule has 2 rings (SSSR count). The standard InChI is InChI=1S/C16H20N4O3S2/c1-3-12(15(22)18-16-20-19-14(25-16)9-23-2)24-10-13(21)17-11-7-5-4-6-8-11/h4-8,12H,3,9-10H2,1-2H3,(H,17,21)(H,18,20,22). The number of anilines is 2. The highest BCUT2D eigenvalue weighted by atomic mass is 32.2. The second kappa shape index (κ2) is 10.1. The van der Waals surface area contributed by atoms with Gasteiger partial charge in [0.1, 0.15) is 11.6 Å². The Hall–Kier alpha value is -1.97. The van der Waals surface area contributed by atoms with Crippen molar-refractivity contribution >= 4 is 45.7 Å². The molecule has 7 nitrogen and oxygen atoms in total. The van der Waals surface area contributed by atoms with Gasteiger partial charge in [0, 0.05) is 12.8 Å². The summed E-state index contributed by atoms with van der Waals surface area (Å²) in [4.78, 5) is 24.3. The fourth-order valence-electron chi connectivity index (χ4n) is 1.95. The highest BCUT2D eigenvalue weighted by Crippen LogP contribution is 2.20. The number of nitrogens with one attached hydrogen (secondary N) is 2. The first kappa shape index (κ1) is 19.4. The van der Waals surface area contributed by atoms with Crippen LogP contribution in [0.4, 0.5) is 10.8 Å². The van der Waals surface area contributed by atoms with Gasteiger partial charge in [-0.25, -0.2) is 0 Å². The van der Waals surface area contributed by atoms with Crippen LogP contribution in [0.1, 0.15) is 18.4 Å². The van der Waals surface area contributed by atoms with E-state index in [0.717, 1.165) is 5.69 Å². The van der Waals surface area contributed by atoms with Gasteiger partial charge in [-0.1, -0.05) is 36.5 Å². The number of hydrogen-bond acceptors (Lipinski definition) is 7. The van der Waals surface area contributed by atoms with Crippen LogP contribution in [0, 0.1) is 0 Å². The van der Waals surface area contributed by atoms with Crippen LogP contribution in [-0.2, 0) is 20.9 Å². The SMILES string of the molecule is CCC(SCC(=O)Nc1ccccc1)C(=O)Nc1nnc(COC)s1. The predicted molar refractivity (Wildman–Crippen MR) is 101 cm³/mol. The zero-order valence-electron chi connectivity index (χ0n) is 14.0. The Balaban J connectivity index is 1.81. The number of aromatic nitrogens is 2. The Bertz CT molecular complexity index is 694. The molecule has 0 radical (unpaired) electrons. The summed E-state index contributed by atoms with van der Waals surface area (Å²) in [7, 11) is 1.57. The molecule has 2 amide bonds. The number of methoxy groups -OCH3 is 1. The normalized spacial score (nSPS) is 11.8. The van der Waals surface area contributed by atoms with E-state index in [2.05, 4.69) is 20.8 Å². The molecule has 1 aromatic heterocycles. The largest absolute Gasteiger partial charge is 0.377 e. The highest BCUT2D eigenvalue weighted by Gasteiger charge is 2.20. The third kappa shape index (κ3) is 6.45. The molecule has 0 fully saturated rings. The van der Waals surface area contributed by atoms with Gasteiger partial charge in [-0.3, -0.25) is 14.9 Å². The summed E-state index contributed by atoms with van der Waals surface area (Å²) in [5.41, 5.74) is 0.741.